The van der Waals surface area contributed by atoms with Crippen LogP contribution in [0.5, 0.6) is 0 Å². The van der Waals surface area contributed by atoms with Crippen LogP contribution in [0.2, 0.25) is 0 Å². The van der Waals surface area contributed by atoms with Gasteiger partial charge in [0.25, 0.3) is 0 Å². The number of aryl methyl sites for hydroxylation is 1. The molecule has 0 bridgehead atoms. The highest BCUT2D eigenvalue weighted by Gasteiger charge is 2.43. The molecule has 4 heteroatoms. The summed E-state index contributed by atoms with van der Waals surface area (Å²) in [7, 11) is 1.78. The highest BCUT2D eigenvalue weighted by atomic mass is 16.5. The first-order chi connectivity index (χ1) is 13.7. The first-order valence-corrected chi connectivity index (χ1v) is 9.83. The van der Waals surface area contributed by atoms with Crippen LogP contribution in [0.4, 0.5) is 0 Å². The number of rotatable bonds is 2. The second kappa shape index (κ2) is 7.58. The Morgan fingerprint density at radius 3 is 2.54 bits per heavy atom. The zero-order valence-electron chi connectivity index (χ0n) is 16.1. The number of hydrogen-bond acceptors (Lipinski definition) is 4. The maximum Gasteiger partial charge on any atom is 0.205 e. The fourth-order valence-corrected chi connectivity index (χ4v) is 4.84. The lowest BCUT2D eigenvalue weighted by atomic mass is 9.62. The lowest BCUT2D eigenvalue weighted by Gasteiger charge is -2.43. The summed E-state index contributed by atoms with van der Waals surface area (Å²) < 4.78 is 5.56. The van der Waals surface area contributed by atoms with E-state index in [1.807, 2.05) is 24.3 Å². The van der Waals surface area contributed by atoms with E-state index in [1.165, 1.54) is 5.56 Å². The summed E-state index contributed by atoms with van der Waals surface area (Å²) in [4.78, 5) is 4.35. The highest BCUT2D eigenvalue weighted by molar-refractivity contribution is 6.08. The van der Waals surface area contributed by atoms with E-state index in [9.17, 15) is 10.5 Å². The fourth-order valence-electron chi connectivity index (χ4n) is 4.84. The molecule has 2 aliphatic carbocycles. The summed E-state index contributed by atoms with van der Waals surface area (Å²) in [6.45, 7) is 0. The predicted molar refractivity (Wildman–Crippen MR) is 109 cm³/mol. The van der Waals surface area contributed by atoms with Crippen molar-refractivity contribution in [2.45, 2.75) is 44.6 Å². The zero-order valence-corrected chi connectivity index (χ0v) is 16.1. The van der Waals surface area contributed by atoms with E-state index >= 15 is 0 Å². The number of ether oxygens (including phenoxy) is 1. The molecule has 0 atom stereocenters. The van der Waals surface area contributed by atoms with Crippen LogP contribution in [0.3, 0.4) is 0 Å². The van der Waals surface area contributed by atoms with Crippen LogP contribution in [-0.2, 0) is 11.2 Å². The van der Waals surface area contributed by atoms with Gasteiger partial charge in [0.05, 0.1) is 23.4 Å². The number of nitrogens with zero attached hydrogens (tertiary/aromatic N) is 3. The fraction of sp³-hybridized carbons (Fsp3) is 0.375. The number of benzene rings is 2. The number of fused-ring (bicyclic) bond motifs is 1. The van der Waals surface area contributed by atoms with E-state index in [0.717, 1.165) is 60.9 Å². The molecule has 4 nitrogen and oxygen atoms in total. The molecule has 0 N–H and O–H groups in total. The average Bonchev–Trinajstić information content (AvgIpc) is 2.76. The summed E-state index contributed by atoms with van der Waals surface area (Å²) in [6, 6.07) is 16.3. The molecule has 4 rings (SSSR count). The lowest BCUT2D eigenvalue weighted by Crippen LogP contribution is -2.41. The molecule has 0 unspecified atom stereocenters. The molecule has 0 radical (unpaired) electrons. The highest BCUT2D eigenvalue weighted by Crippen LogP contribution is 2.47. The van der Waals surface area contributed by atoms with Gasteiger partial charge in [-0.15, -0.1) is 0 Å². The van der Waals surface area contributed by atoms with Crippen molar-refractivity contribution in [2.75, 3.05) is 7.11 Å². The molecule has 0 saturated heterocycles. The second-order valence-corrected chi connectivity index (χ2v) is 7.84. The van der Waals surface area contributed by atoms with E-state index in [4.69, 9.17) is 4.74 Å². The van der Waals surface area contributed by atoms with Gasteiger partial charge in [-0.2, -0.15) is 15.5 Å². The normalized spacial score (nSPS) is 25.1. The maximum atomic E-state index is 9.41. The van der Waals surface area contributed by atoms with Crippen LogP contribution in [0, 0.1) is 28.2 Å². The van der Waals surface area contributed by atoms with Crippen molar-refractivity contribution in [1.29, 1.82) is 10.5 Å². The molecule has 28 heavy (non-hydrogen) atoms. The average molecular weight is 369 g/mol. The van der Waals surface area contributed by atoms with Crippen molar-refractivity contribution >= 4 is 5.71 Å². The van der Waals surface area contributed by atoms with Crippen LogP contribution in [0.1, 0.15) is 48.8 Å². The number of aliphatic imine (C=N–C) groups is 1. The van der Waals surface area contributed by atoms with E-state index in [-0.39, 0.29) is 5.41 Å². The van der Waals surface area contributed by atoms with Crippen LogP contribution in [0.25, 0.3) is 11.1 Å². The quantitative estimate of drug-likeness (QED) is 0.698. The summed E-state index contributed by atoms with van der Waals surface area (Å²) in [5.41, 5.74) is 6.01. The van der Waals surface area contributed by atoms with Crippen LogP contribution < -0.4 is 0 Å². The zero-order chi connectivity index (χ0) is 19.6. The Labute approximate surface area is 166 Å². The van der Waals surface area contributed by atoms with Gasteiger partial charge in [-0.1, -0.05) is 24.3 Å². The van der Waals surface area contributed by atoms with Crippen molar-refractivity contribution < 1.29 is 4.74 Å². The summed E-state index contributed by atoms with van der Waals surface area (Å²) in [5, 5.41) is 18.6. The van der Waals surface area contributed by atoms with Crippen LogP contribution in [-0.4, -0.2) is 18.9 Å². The molecule has 1 fully saturated rings. The van der Waals surface area contributed by atoms with Gasteiger partial charge < -0.3 is 4.74 Å². The van der Waals surface area contributed by atoms with Gasteiger partial charge in [0, 0.05) is 18.1 Å². The topological polar surface area (TPSA) is 69.2 Å². The molecule has 0 heterocycles. The van der Waals surface area contributed by atoms with E-state index in [2.05, 4.69) is 35.5 Å². The molecule has 0 aromatic heterocycles. The van der Waals surface area contributed by atoms with Crippen molar-refractivity contribution in [2.24, 2.45) is 10.4 Å². The van der Waals surface area contributed by atoms with Crippen LogP contribution >= 0.6 is 0 Å². The Morgan fingerprint density at radius 1 is 1.04 bits per heavy atom. The maximum absolute atomic E-state index is 9.41. The van der Waals surface area contributed by atoms with Gasteiger partial charge in [-0.05, 0) is 73.4 Å². The minimum absolute atomic E-state index is 0.0229. The van der Waals surface area contributed by atoms with Crippen molar-refractivity contribution in [3.05, 3.63) is 59.2 Å². The minimum atomic E-state index is -0.0229. The Morgan fingerprint density at radius 2 is 1.82 bits per heavy atom. The standard InChI is InChI=1S/C24H23N3O/c1-28-21-8-11-24(12-9-21)10-7-18-5-6-20(14-22(18)23(24)27-16-26)19-4-2-3-17(13-19)15-25/h2-6,13-14,21H,7-12H2,1H3. The molecular formula is C24H23N3O. The minimum Gasteiger partial charge on any atom is -0.381 e. The van der Waals surface area contributed by atoms with Gasteiger partial charge in [0.1, 0.15) is 0 Å². The van der Waals surface area contributed by atoms with E-state index in [0.29, 0.717) is 11.7 Å². The monoisotopic (exact) mass is 369 g/mol. The molecule has 0 aliphatic heterocycles. The summed E-state index contributed by atoms with van der Waals surface area (Å²) >= 11 is 0. The Bertz CT molecular complexity index is 1000. The Balaban J connectivity index is 1.76. The molecule has 0 amide bonds. The third kappa shape index (κ3) is 3.21. The van der Waals surface area contributed by atoms with Gasteiger partial charge in [-0.3, -0.25) is 0 Å². The molecule has 2 aromatic carbocycles. The predicted octanol–water partition coefficient (Wildman–Crippen LogP) is 5.02. The SMILES string of the molecule is COC1CCC2(CCc3ccc(-c4cccc(C#N)c4)cc3C2=NC#N)CC1. The molecule has 1 spiro atoms. The first kappa shape index (κ1) is 18.4. The van der Waals surface area contributed by atoms with Gasteiger partial charge in [0.15, 0.2) is 0 Å². The molecule has 140 valence electrons. The second-order valence-electron chi connectivity index (χ2n) is 7.84. The largest absolute Gasteiger partial charge is 0.381 e. The van der Waals surface area contributed by atoms with Gasteiger partial charge in [0.2, 0.25) is 6.19 Å². The Kier molecular flexibility index (Phi) is 4.99. The lowest BCUT2D eigenvalue weighted by molar-refractivity contribution is 0.0433. The van der Waals surface area contributed by atoms with Gasteiger partial charge in [-0.25, -0.2) is 0 Å². The Hall–Kier alpha value is -2.95. The number of nitriles is 2. The van der Waals surface area contributed by atoms with Crippen molar-refractivity contribution in [3.63, 3.8) is 0 Å². The summed E-state index contributed by atoms with van der Waals surface area (Å²) in [6.07, 6.45) is 8.49. The number of hydrogen-bond donors (Lipinski definition) is 0. The molecular weight excluding hydrogens is 346 g/mol. The number of methoxy groups -OCH3 is 1. The van der Waals surface area contributed by atoms with E-state index in [1.54, 1.807) is 7.11 Å². The molecule has 1 saturated carbocycles. The first-order valence-electron chi connectivity index (χ1n) is 9.83. The third-order valence-electron chi connectivity index (χ3n) is 6.45. The van der Waals surface area contributed by atoms with Crippen molar-refractivity contribution in [1.82, 2.24) is 0 Å². The van der Waals surface area contributed by atoms with E-state index < -0.39 is 0 Å². The summed E-state index contributed by atoms with van der Waals surface area (Å²) in [5.74, 6) is 0. The molecule has 2 aromatic rings. The van der Waals surface area contributed by atoms with Gasteiger partial charge >= 0.3 is 0 Å². The van der Waals surface area contributed by atoms with Crippen molar-refractivity contribution in [3.8, 4) is 23.4 Å². The molecule has 2 aliphatic rings. The van der Waals surface area contributed by atoms with Crippen LogP contribution in [0.15, 0.2) is 47.5 Å². The third-order valence-corrected chi connectivity index (χ3v) is 6.45. The smallest absolute Gasteiger partial charge is 0.205 e.